The minimum Gasteiger partial charge on any atom is -0.354 e. The van der Waals surface area contributed by atoms with Crippen LogP contribution in [0.4, 0.5) is 0 Å². The number of pyridine rings is 1. The van der Waals surface area contributed by atoms with E-state index in [9.17, 15) is 19.2 Å². The summed E-state index contributed by atoms with van der Waals surface area (Å²) in [5, 5.41) is 11.5. The van der Waals surface area contributed by atoms with Crippen LogP contribution in [0, 0.1) is 26.7 Å². The van der Waals surface area contributed by atoms with Crippen LogP contribution >= 0.6 is 0 Å². The van der Waals surface area contributed by atoms with Crippen molar-refractivity contribution in [3.63, 3.8) is 0 Å². The fourth-order valence-corrected chi connectivity index (χ4v) is 5.84. The van der Waals surface area contributed by atoms with Crippen molar-refractivity contribution in [2.45, 2.75) is 46.2 Å². The highest BCUT2D eigenvalue weighted by molar-refractivity contribution is 5.93. The summed E-state index contributed by atoms with van der Waals surface area (Å²) in [4.78, 5) is 55.6. The number of likely N-dealkylation sites (N-methyl/N-ethyl adjacent to an activating group) is 1. The van der Waals surface area contributed by atoms with Gasteiger partial charge in [-0.25, -0.2) is 4.68 Å². The van der Waals surface area contributed by atoms with Crippen LogP contribution in [0.25, 0.3) is 0 Å². The lowest BCUT2D eigenvalue weighted by molar-refractivity contribution is -0.130. The maximum absolute atomic E-state index is 13.5. The van der Waals surface area contributed by atoms with Crippen molar-refractivity contribution in [1.82, 2.24) is 34.7 Å². The lowest BCUT2D eigenvalue weighted by atomic mass is 9.97. The summed E-state index contributed by atoms with van der Waals surface area (Å²) in [6, 6.07) is 7.11. The number of likely N-dealkylation sites (tertiary alicyclic amines) is 1. The Hall–Kier alpha value is -4.28. The molecule has 2 aromatic heterocycles. The molecule has 0 spiro atoms. The summed E-state index contributed by atoms with van der Waals surface area (Å²) in [5.41, 5.74) is 4.58. The van der Waals surface area contributed by atoms with Gasteiger partial charge < -0.3 is 19.7 Å². The van der Waals surface area contributed by atoms with Crippen molar-refractivity contribution in [2.75, 3.05) is 33.2 Å². The minimum absolute atomic E-state index is 0.0118. The predicted octanol–water partition coefficient (Wildman–Crippen LogP) is 1.25. The predicted molar refractivity (Wildman–Crippen MR) is 148 cm³/mol. The molecule has 11 heteroatoms. The minimum atomic E-state index is -0.415. The Labute approximate surface area is 232 Å². The average molecular weight is 546 g/mol. The van der Waals surface area contributed by atoms with E-state index in [1.165, 1.54) is 21.1 Å². The molecule has 4 heterocycles. The summed E-state index contributed by atoms with van der Waals surface area (Å²) in [6.07, 6.45) is 3.89. The van der Waals surface area contributed by atoms with Gasteiger partial charge in [0.05, 0.1) is 25.2 Å². The Morgan fingerprint density at radius 3 is 2.60 bits per heavy atom. The molecule has 11 nitrogen and oxygen atoms in total. The van der Waals surface area contributed by atoms with E-state index in [0.717, 1.165) is 16.7 Å². The standard InChI is InChI=1S/C29H35N7O4/c1-18-10-19(2)24(20(3)11-18)13-27(38)35-14-21-12-26(37)30-7-9-33(4)28(39)23-6-5-8-34(29(23)40)15-22-16-36(32-31-22)25(21)17-35/h5-6,8,10-11,16,21,25H,7,9,12-15,17H2,1-4H3,(H,30,37)/t21-,25+/m0/s1. The van der Waals surface area contributed by atoms with Crippen LogP contribution in [-0.2, 0) is 22.6 Å². The van der Waals surface area contributed by atoms with Crippen LogP contribution in [0.3, 0.4) is 0 Å². The fourth-order valence-electron chi connectivity index (χ4n) is 5.84. The number of carbonyl (C=O) groups is 3. The molecule has 0 saturated carbocycles. The van der Waals surface area contributed by atoms with Crippen LogP contribution in [0.1, 0.15) is 50.8 Å². The summed E-state index contributed by atoms with van der Waals surface area (Å²) < 4.78 is 3.15. The Morgan fingerprint density at radius 2 is 1.85 bits per heavy atom. The number of aromatic nitrogens is 4. The number of hydrogen-bond donors (Lipinski definition) is 1. The van der Waals surface area contributed by atoms with Crippen molar-refractivity contribution >= 4 is 17.7 Å². The van der Waals surface area contributed by atoms with Gasteiger partial charge in [0, 0.05) is 51.8 Å². The molecule has 1 aromatic carbocycles. The monoisotopic (exact) mass is 545 g/mol. The molecule has 40 heavy (non-hydrogen) atoms. The molecule has 1 saturated heterocycles. The van der Waals surface area contributed by atoms with Crippen molar-refractivity contribution in [3.8, 4) is 0 Å². The van der Waals surface area contributed by atoms with E-state index in [2.05, 4.69) is 27.8 Å². The highest BCUT2D eigenvalue weighted by Crippen LogP contribution is 2.31. The van der Waals surface area contributed by atoms with Crippen LogP contribution in [0.15, 0.2) is 41.5 Å². The number of carbonyl (C=O) groups excluding carboxylic acids is 3. The van der Waals surface area contributed by atoms with Crippen LogP contribution in [0.5, 0.6) is 0 Å². The van der Waals surface area contributed by atoms with Crippen molar-refractivity contribution < 1.29 is 14.4 Å². The van der Waals surface area contributed by atoms with Gasteiger partial charge in [0.2, 0.25) is 11.8 Å². The molecule has 1 fully saturated rings. The van der Waals surface area contributed by atoms with Gasteiger partial charge in [-0.05, 0) is 49.6 Å². The van der Waals surface area contributed by atoms with E-state index in [1.54, 1.807) is 30.2 Å². The summed E-state index contributed by atoms with van der Waals surface area (Å²) >= 11 is 0. The Balaban J connectivity index is 1.42. The number of benzene rings is 1. The molecule has 0 radical (unpaired) electrons. The van der Waals surface area contributed by atoms with Gasteiger partial charge >= 0.3 is 0 Å². The third-order valence-corrected chi connectivity index (χ3v) is 7.97. The first kappa shape index (κ1) is 27.3. The largest absolute Gasteiger partial charge is 0.354 e. The summed E-state index contributed by atoms with van der Waals surface area (Å²) in [7, 11) is 1.61. The van der Waals surface area contributed by atoms with Gasteiger partial charge in [-0.3, -0.25) is 19.2 Å². The zero-order valence-electron chi connectivity index (χ0n) is 23.4. The second-order valence-corrected chi connectivity index (χ2v) is 11.0. The quantitative estimate of drug-likeness (QED) is 0.517. The third kappa shape index (κ3) is 5.54. The van der Waals surface area contributed by atoms with Crippen molar-refractivity contribution in [1.29, 1.82) is 0 Å². The molecule has 210 valence electrons. The SMILES string of the molecule is Cc1cc(C)c(CC(=O)N2C[C@@H]3CC(=O)NCCN(C)C(=O)c4cccn(c4=O)Cc4cn(nn4)[C@@H]3C2)c(C)c1. The van der Waals surface area contributed by atoms with Gasteiger partial charge in [-0.15, -0.1) is 5.10 Å². The molecule has 5 rings (SSSR count). The summed E-state index contributed by atoms with van der Waals surface area (Å²) in [6.45, 7) is 7.61. The molecule has 2 atom stereocenters. The number of aryl methyl sites for hydroxylation is 3. The molecule has 3 amide bonds. The molecule has 2 aliphatic heterocycles. The average Bonchev–Trinajstić information content (AvgIpc) is 3.53. The molecule has 4 bridgehead atoms. The highest BCUT2D eigenvalue weighted by atomic mass is 16.2. The molecular formula is C29H35N7O4. The third-order valence-electron chi connectivity index (χ3n) is 7.97. The number of hydrogen-bond acceptors (Lipinski definition) is 6. The maximum atomic E-state index is 13.5. The van der Waals surface area contributed by atoms with E-state index in [1.807, 2.05) is 25.7 Å². The molecule has 1 N–H and O–H groups in total. The van der Waals surface area contributed by atoms with Crippen molar-refractivity contribution in [3.05, 3.63) is 80.5 Å². The van der Waals surface area contributed by atoms with Gasteiger partial charge in [0.15, 0.2) is 0 Å². The molecule has 0 aliphatic carbocycles. The number of nitrogens with zero attached hydrogens (tertiary/aromatic N) is 6. The summed E-state index contributed by atoms with van der Waals surface area (Å²) in [5.74, 6) is -0.729. The van der Waals surface area contributed by atoms with Gasteiger partial charge in [0.1, 0.15) is 11.3 Å². The Bertz CT molecular complexity index is 1500. The molecule has 2 aliphatic rings. The van der Waals surface area contributed by atoms with Crippen LogP contribution < -0.4 is 10.9 Å². The first-order chi connectivity index (χ1) is 19.1. The van der Waals surface area contributed by atoms with Gasteiger partial charge in [-0.1, -0.05) is 22.9 Å². The van der Waals surface area contributed by atoms with E-state index in [-0.39, 0.29) is 55.4 Å². The first-order valence-corrected chi connectivity index (χ1v) is 13.6. The molecule has 0 unspecified atom stereocenters. The second-order valence-electron chi connectivity index (χ2n) is 11.0. The molecular weight excluding hydrogens is 510 g/mol. The maximum Gasteiger partial charge on any atom is 0.263 e. The van der Waals surface area contributed by atoms with Crippen LogP contribution in [-0.4, -0.2) is 80.3 Å². The van der Waals surface area contributed by atoms with E-state index >= 15 is 0 Å². The Kier molecular flexibility index (Phi) is 7.55. The van der Waals surface area contributed by atoms with E-state index in [0.29, 0.717) is 25.2 Å². The van der Waals surface area contributed by atoms with E-state index in [4.69, 9.17) is 0 Å². The first-order valence-electron chi connectivity index (χ1n) is 13.6. The normalized spacial score (nSPS) is 19.9. The lowest BCUT2D eigenvalue weighted by Crippen LogP contribution is -2.39. The lowest BCUT2D eigenvalue weighted by Gasteiger charge is -2.20. The Morgan fingerprint density at radius 1 is 1.10 bits per heavy atom. The van der Waals surface area contributed by atoms with E-state index < -0.39 is 11.5 Å². The van der Waals surface area contributed by atoms with Gasteiger partial charge in [-0.2, -0.15) is 0 Å². The number of rotatable bonds is 2. The number of fused-ring (bicyclic) bond motifs is 6. The number of amides is 3. The zero-order valence-corrected chi connectivity index (χ0v) is 23.4. The topological polar surface area (TPSA) is 122 Å². The van der Waals surface area contributed by atoms with Gasteiger partial charge in [0.25, 0.3) is 11.5 Å². The zero-order chi connectivity index (χ0) is 28.6. The smallest absolute Gasteiger partial charge is 0.263 e. The van der Waals surface area contributed by atoms with Crippen LogP contribution in [0.2, 0.25) is 0 Å². The van der Waals surface area contributed by atoms with Crippen molar-refractivity contribution in [2.24, 2.45) is 5.92 Å². The highest BCUT2D eigenvalue weighted by Gasteiger charge is 2.38. The second kappa shape index (κ2) is 11.1. The number of nitrogens with one attached hydrogen (secondary N) is 1. The molecule has 3 aromatic rings. The fraction of sp³-hybridized carbons (Fsp3) is 0.448.